The van der Waals surface area contributed by atoms with Crippen LogP contribution in [0.15, 0.2) is 29.4 Å². The number of anilines is 2. The normalized spacial score (nSPS) is 10.1. The van der Waals surface area contributed by atoms with E-state index in [-0.39, 0.29) is 18.0 Å². The van der Waals surface area contributed by atoms with Crippen molar-refractivity contribution in [1.29, 1.82) is 0 Å². The Bertz CT molecular complexity index is 640. The molecule has 2 aromatic rings. The molecule has 0 aliphatic carbocycles. The zero-order valence-electron chi connectivity index (χ0n) is 11.0. The minimum absolute atomic E-state index is 0.218. The summed E-state index contributed by atoms with van der Waals surface area (Å²) in [5.41, 5.74) is 1.01. The number of aryl methyl sites for hydroxylation is 1. The number of nitrogens with one attached hydrogen (secondary N) is 1. The van der Waals surface area contributed by atoms with Gasteiger partial charge in [-0.25, -0.2) is 9.78 Å². The van der Waals surface area contributed by atoms with Crippen LogP contribution in [0.2, 0.25) is 0 Å². The molecule has 0 aliphatic heterocycles. The van der Waals surface area contributed by atoms with Crippen LogP contribution in [0.4, 0.5) is 16.4 Å². The second-order valence-electron chi connectivity index (χ2n) is 3.86. The molecule has 0 saturated carbocycles. The van der Waals surface area contributed by atoms with Crippen molar-refractivity contribution in [2.24, 2.45) is 5.18 Å². The lowest BCUT2D eigenvalue weighted by molar-refractivity contribution is 0.0521. The second-order valence-corrected chi connectivity index (χ2v) is 5.07. The standard InChI is InChI=1S/C13H13N3O3S/c1-3-19-13(17)11-12(20-8(2)14-11)15-9-6-4-5-7-10(9)16-18/h4-7,15H,3H2,1-2H3. The molecule has 0 radical (unpaired) electrons. The highest BCUT2D eigenvalue weighted by atomic mass is 32.1. The van der Waals surface area contributed by atoms with Crippen molar-refractivity contribution in [3.8, 4) is 0 Å². The van der Waals surface area contributed by atoms with Gasteiger partial charge in [0.2, 0.25) is 0 Å². The summed E-state index contributed by atoms with van der Waals surface area (Å²) in [7, 11) is 0. The first kappa shape index (κ1) is 14.1. The maximum Gasteiger partial charge on any atom is 0.360 e. The fourth-order valence-corrected chi connectivity index (χ4v) is 2.45. The average Bonchev–Trinajstić information content (AvgIpc) is 2.80. The molecule has 0 amide bonds. The van der Waals surface area contributed by atoms with E-state index >= 15 is 0 Å². The summed E-state index contributed by atoms with van der Waals surface area (Å²) in [5.74, 6) is -0.490. The molecule has 0 atom stereocenters. The SMILES string of the molecule is CCOC(=O)c1nc(C)sc1Nc1ccccc1N=O. The van der Waals surface area contributed by atoms with Crippen LogP contribution in [0.1, 0.15) is 22.4 Å². The van der Waals surface area contributed by atoms with Crippen LogP contribution in [0.25, 0.3) is 0 Å². The topological polar surface area (TPSA) is 80.7 Å². The van der Waals surface area contributed by atoms with E-state index in [1.54, 1.807) is 38.1 Å². The van der Waals surface area contributed by atoms with Gasteiger partial charge in [-0.3, -0.25) is 0 Å². The van der Waals surface area contributed by atoms with Crippen molar-refractivity contribution >= 4 is 33.7 Å². The molecule has 1 N–H and O–H groups in total. The second kappa shape index (κ2) is 6.25. The molecule has 0 aliphatic rings. The van der Waals surface area contributed by atoms with Crippen LogP contribution < -0.4 is 5.32 Å². The summed E-state index contributed by atoms with van der Waals surface area (Å²) in [6, 6.07) is 6.79. The number of benzene rings is 1. The number of para-hydroxylation sites is 1. The van der Waals surface area contributed by atoms with Gasteiger partial charge in [0.25, 0.3) is 0 Å². The zero-order valence-corrected chi connectivity index (χ0v) is 11.9. The van der Waals surface area contributed by atoms with Gasteiger partial charge in [0.1, 0.15) is 10.7 Å². The quantitative estimate of drug-likeness (QED) is 0.670. The predicted octanol–water partition coefficient (Wildman–Crippen LogP) is 3.77. The molecular weight excluding hydrogens is 278 g/mol. The lowest BCUT2D eigenvalue weighted by Crippen LogP contribution is -2.07. The van der Waals surface area contributed by atoms with Crippen LogP contribution in [0, 0.1) is 11.8 Å². The number of ether oxygens (including phenoxy) is 1. The van der Waals surface area contributed by atoms with E-state index in [4.69, 9.17) is 4.74 Å². The van der Waals surface area contributed by atoms with E-state index < -0.39 is 5.97 Å². The summed E-state index contributed by atoms with van der Waals surface area (Å²) < 4.78 is 4.96. The number of hydrogen-bond donors (Lipinski definition) is 1. The predicted molar refractivity (Wildman–Crippen MR) is 78.0 cm³/mol. The van der Waals surface area contributed by atoms with Crippen LogP contribution in [-0.2, 0) is 4.74 Å². The minimum atomic E-state index is -0.490. The van der Waals surface area contributed by atoms with Gasteiger partial charge in [0.05, 0.1) is 17.3 Å². The zero-order chi connectivity index (χ0) is 14.5. The molecule has 2 rings (SSSR count). The van der Waals surface area contributed by atoms with Gasteiger partial charge in [-0.2, -0.15) is 0 Å². The molecule has 0 fully saturated rings. The molecule has 0 saturated heterocycles. The summed E-state index contributed by atoms with van der Waals surface area (Å²) in [5, 5.41) is 7.22. The largest absolute Gasteiger partial charge is 0.461 e. The Hall–Kier alpha value is -2.28. The fourth-order valence-electron chi connectivity index (χ4n) is 1.63. The van der Waals surface area contributed by atoms with Crippen LogP contribution in [0.5, 0.6) is 0 Å². The lowest BCUT2D eigenvalue weighted by Gasteiger charge is -2.07. The van der Waals surface area contributed by atoms with Gasteiger partial charge < -0.3 is 10.1 Å². The maximum atomic E-state index is 11.8. The van der Waals surface area contributed by atoms with Crippen molar-refractivity contribution in [2.45, 2.75) is 13.8 Å². The molecule has 0 unspecified atom stereocenters. The van der Waals surface area contributed by atoms with E-state index in [0.717, 1.165) is 5.01 Å². The fraction of sp³-hybridized carbons (Fsp3) is 0.231. The number of esters is 1. The third kappa shape index (κ3) is 3.00. The van der Waals surface area contributed by atoms with E-state index in [1.165, 1.54) is 11.3 Å². The van der Waals surface area contributed by atoms with E-state index in [1.807, 2.05) is 0 Å². The van der Waals surface area contributed by atoms with Crippen molar-refractivity contribution in [1.82, 2.24) is 4.98 Å². The third-order valence-electron chi connectivity index (χ3n) is 2.45. The smallest absolute Gasteiger partial charge is 0.360 e. The van der Waals surface area contributed by atoms with Crippen LogP contribution in [0.3, 0.4) is 0 Å². The highest BCUT2D eigenvalue weighted by Crippen LogP contribution is 2.32. The van der Waals surface area contributed by atoms with Gasteiger partial charge in [-0.1, -0.05) is 12.1 Å². The van der Waals surface area contributed by atoms with Gasteiger partial charge in [0.15, 0.2) is 5.69 Å². The van der Waals surface area contributed by atoms with E-state index in [2.05, 4.69) is 15.5 Å². The number of rotatable bonds is 5. The van der Waals surface area contributed by atoms with Gasteiger partial charge in [0, 0.05) is 0 Å². The molecule has 0 spiro atoms. The molecular formula is C13H13N3O3S. The highest BCUT2D eigenvalue weighted by Gasteiger charge is 2.19. The average molecular weight is 291 g/mol. The molecule has 7 heteroatoms. The number of thiazole rings is 1. The highest BCUT2D eigenvalue weighted by molar-refractivity contribution is 7.16. The van der Waals surface area contributed by atoms with Crippen LogP contribution >= 0.6 is 11.3 Å². The van der Waals surface area contributed by atoms with Gasteiger partial charge in [-0.05, 0) is 31.2 Å². The Kier molecular flexibility index (Phi) is 4.41. The lowest BCUT2D eigenvalue weighted by atomic mass is 10.2. The Morgan fingerprint density at radius 2 is 2.20 bits per heavy atom. The van der Waals surface area contributed by atoms with Crippen molar-refractivity contribution in [2.75, 3.05) is 11.9 Å². The summed E-state index contributed by atoms with van der Waals surface area (Å²) in [6.07, 6.45) is 0. The van der Waals surface area contributed by atoms with E-state index in [9.17, 15) is 9.70 Å². The Morgan fingerprint density at radius 3 is 2.90 bits per heavy atom. The molecule has 1 heterocycles. The molecule has 1 aromatic carbocycles. The summed E-state index contributed by atoms with van der Waals surface area (Å²) >= 11 is 1.32. The van der Waals surface area contributed by atoms with Crippen molar-refractivity contribution in [3.05, 3.63) is 39.9 Å². The summed E-state index contributed by atoms with van der Waals surface area (Å²) in [6.45, 7) is 3.81. The van der Waals surface area contributed by atoms with Crippen LogP contribution in [-0.4, -0.2) is 17.6 Å². The monoisotopic (exact) mass is 291 g/mol. The van der Waals surface area contributed by atoms with E-state index in [0.29, 0.717) is 10.7 Å². The van der Waals surface area contributed by atoms with Gasteiger partial charge in [-0.15, -0.1) is 16.2 Å². The first-order valence-corrected chi connectivity index (χ1v) is 6.81. The Labute approximate surface area is 119 Å². The molecule has 1 aromatic heterocycles. The first-order valence-electron chi connectivity index (χ1n) is 5.99. The van der Waals surface area contributed by atoms with Crippen molar-refractivity contribution in [3.63, 3.8) is 0 Å². The molecule has 20 heavy (non-hydrogen) atoms. The molecule has 104 valence electrons. The number of carbonyl (C=O) groups excluding carboxylic acids is 1. The first-order chi connectivity index (χ1) is 9.65. The van der Waals surface area contributed by atoms with Gasteiger partial charge >= 0.3 is 5.97 Å². The number of hydrogen-bond acceptors (Lipinski definition) is 7. The number of aromatic nitrogens is 1. The number of nitroso groups, excluding NO2 is 1. The Morgan fingerprint density at radius 1 is 1.45 bits per heavy atom. The Balaban J connectivity index is 2.34. The summed E-state index contributed by atoms with van der Waals surface area (Å²) in [4.78, 5) is 26.7. The van der Waals surface area contributed by atoms with Crippen molar-refractivity contribution < 1.29 is 9.53 Å². The molecule has 0 bridgehead atoms. The maximum absolute atomic E-state index is 11.8. The number of nitrogens with zero attached hydrogens (tertiary/aromatic N) is 2. The molecule has 6 nitrogen and oxygen atoms in total. The third-order valence-corrected chi connectivity index (χ3v) is 3.34. The minimum Gasteiger partial charge on any atom is -0.461 e. The number of carbonyl (C=O) groups is 1.